The van der Waals surface area contributed by atoms with Gasteiger partial charge < -0.3 is 15.2 Å². The highest BCUT2D eigenvalue weighted by Gasteiger charge is 2.15. The fourth-order valence-corrected chi connectivity index (χ4v) is 2.45. The van der Waals surface area contributed by atoms with E-state index in [0.29, 0.717) is 19.0 Å². The summed E-state index contributed by atoms with van der Waals surface area (Å²) in [7, 11) is 0. The van der Waals surface area contributed by atoms with Crippen LogP contribution in [0.3, 0.4) is 0 Å². The van der Waals surface area contributed by atoms with E-state index in [-0.39, 0.29) is 12.5 Å². The summed E-state index contributed by atoms with van der Waals surface area (Å²) in [5, 5.41) is 0. The molecule has 1 amide bonds. The van der Waals surface area contributed by atoms with Crippen LogP contribution in [-0.4, -0.2) is 33.4 Å². The first-order valence-electron chi connectivity index (χ1n) is 6.25. The van der Waals surface area contributed by atoms with Crippen LogP contribution >= 0.6 is 15.9 Å². The molecule has 0 unspecified atom stereocenters. The lowest BCUT2D eigenvalue weighted by Crippen LogP contribution is -2.33. The van der Waals surface area contributed by atoms with Crippen molar-refractivity contribution in [1.82, 2.24) is 14.5 Å². The summed E-state index contributed by atoms with van der Waals surface area (Å²) in [6, 6.07) is 5.73. The number of fused-ring (bicyclic) bond motifs is 1. The van der Waals surface area contributed by atoms with Gasteiger partial charge in [0, 0.05) is 17.6 Å². The average Bonchev–Trinajstić information content (AvgIpc) is 2.66. The smallest absolute Gasteiger partial charge is 0.242 e. The molecule has 1 heterocycles. The predicted molar refractivity (Wildman–Crippen MR) is 79.8 cm³/mol. The number of halogens is 1. The number of carbonyl (C=O) groups excluding carboxylic acids is 1. The van der Waals surface area contributed by atoms with E-state index in [1.54, 1.807) is 9.47 Å². The molecule has 1 aromatic carbocycles. The number of nitrogens with zero attached hydrogens (tertiary/aromatic N) is 3. The molecule has 0 spiro atoms. The monoisotopic (exact) mass is 324 g/mol. The van der Waals surface area contributed by atoms with E-state index in [1.807, 2.05) is 32.0 Å². The van der Waals surface area contributed by atoms with Gasteiger partial charge in [0.05, 0.1) is 11.0 Å². The van der Waals surface area contributed by atoms with Crippen LogP contribution in [0.4, 0.5) is 5.95 Å². The molecular formula is C13H17BrN4O. The second-order valence-corrected chi connectivity index (χ2v) is 5.17. The number of hydrogen-bond donors (Lipinski definition) is 1. The van der Waals surface area contributed by atoms with E-state index in [0.717, 1.165) is 15.5 Å². The number of amides is 1. The molecule has 0 radical (unpaired) electrons. The highest BCUT2D eigenvalue weighted by molar-refractivity contribution is 9.10. The highest BCUT2D eigenvalue weighted by atomic mass is 79.9. The van der Waals surface area contributed by atoms with Gasteiger partial charge in [0.1, 0.15) is 6.54 Å². The quantitative estimate of drug-likeness (QED) is 0.938. The molecule has 0 aliphatic carbocycles. The lowest BCUT2D eigenvalue weighted by molar-refractivity contribution is -0.131. The fourth-order valence-electron chi connectivity index (χ4n) is 2.10. The van der Waals surface area contributed by atoms with Crippen LogP contribution in [-0.2, 0) is 11.3 Å². The summed E-state index contributed by atoms with van der Waals surface area (Å²) in [5.74, 6) is 0.424. The number of imidazole rings is 1. The minimum absolute atomic E-state index is 0.0546. The van der Waals surface area contributed by atoms with Gasteiger partial charge in [-0.15, -0.1) is 0 Å². The minimum Gasteiger partial charge on any atom is -0.369 e. The number of carbonyl (C=O) groups is 1. The first-order valence-corrected chi connectivity index (χ1v) is 7.05. The van der Waals surface area contributed by atoms with Gasteiger partial charge in [-0.1, -0.05) is 15.9 Å². The largest absolute Gasteiger partial charge is 0.369 e. The van der Waals surface area contributed by atoms with Crippen LogP contribution in [0.1, 0.15) is 13.8 Å². The first kappa shape index (κ1) is 13.9. The summed E-state index contributed by atoms with van der Waals surface area (Å²) in [6.45, 7) is 5.56. The zero-order valence-corrected chi connectivity index (χ0v) is 12.6. The number of nitrogens with two attached hydrogens (primary N) is 1. The normalized spacial score (nSPS) is 10.9. The molecule has 6 heteroatoms. The van der Waals surface area contributed by atoms with E-state index >= 15 is 0 Å². The summed E-state index contributed by atoms with van der Waals surface area (Å²) in [4.78, 5) is 18.2. The number of anilines is 1. The van der Waals surface area contributed by atoms with Gasteiger partial charge in [-0.25, -0.2) is 4.98 Å². The second-order valence-electron chi connectivity index (χ2n) is 4.26. The summed E-state index contributed by atoms with van der Waals surface area (Å²) >= 11 is 3.40. The van der Waals surface area contributed by atoms with Gasteiger partial charge >= 0.3 is 0 Å². The third-order valence-electron chi connectivity index (χ3n) is 3.15. The third kappa shape index (κ3) is 2.73. The van der Waals surface area contributed by atoms with Gasteiger partial charge in [-0.05, 0) is 32.0 Å². The minimum atomic E-state index is 0.0546. The predicted octanol–water partition coefficient (Wildman–Crippen LogP) is 2.25. The van der Waals surface area contributed by atoms with Crippen LogP contribution in [0.15, 0.2) is 22.7 Å². The summed E-state index contributed by atoms with van der Waals surface area (Å²) < 4.78 is 2.70. The number of hydrogen-bond acceptors (Lipinski definition) is 3. The lowest BCUT2D eigenvalue weighted by Gasteiger charge is -2.19. The van der Waals surface area contributed by atoms with Gasteiger partial charge in [-0.2, -0.15) is 0 Å². The number of nitrogen functional groups attached to an aromatic ring is 1. The van der Waals surface area contributed by atoms with Crippen LogP contribution in [0.25, 0.3) is 11.0 Å². The molecule has 1 aromatic heterocycles. The Kier molecular flexibility index (Phi) is 4.09. The molecule has 0 saturated heterocycles. The van der Waals surface area contributed by atoms with Crippen molar-refractivity contribution in [2.24, 2.45) is 0 Å². The molecule has 0 aliphatic rings. The van der Waals surface area contributed by atoms with E-state index in [9.17, 15) is 4.79 Å². The number of rotatable bonds is 4. The molecule has 0 atom stereocenters. The molecule has 102 valence electrons. The van der Waals surface area contributed by atoms with Crippen molar-refractivity contribution in [2.45, 2.75) is 20.4 Å². The maximum absolute atomic E-state index is 12.1. The Balaban J connectivity index is 2.35. The summed E-state index contributed by atoms with van der Waals surface area (Å²) in [5.41, 5.74) is 7.57. The van der Waals surface area contributed by atoms with E-state index < -0.39 is 0 Å². The van der Waals surface area contributed by atoms with Crippen molar-refractivity contribution >= 4 is 38.8 Å². The zero-order chi connectivity index (χ0) is 14.0. The van der Waals surface area contributed by atoms with Crippen molar-refractivity contribution in [3.8, 4) is 0 Å². The Hall–Kier alpha value is -1.56. The standard InChI is InChI=1S/C13H17BrN4O/c1-3-17(4-2)12(19)8-18-11-6-5-9(14)7-10(11)16-13(18)15/h5-7H,3-4,8H2,1-2H3,(H2,15,16). The van der Waals surface area contributed by atoms with Gasteiger partial charge in [0.2, 0.25) is 11.9 Å². The Morgan fingerprint density at radius 3 is 2.74 bits per heavy atom. The lowest BCUT2D eigenvalue weighted by atomic mass is 10.3. The third-order valence-corrected chi connectivity index (χ3v) is 3.64. The highest BCUT2D eigenvalue weighted by Crippen LogP contribution is 2.22. The van der Waals surface area contributed by atoms with Crippen molar-refractivity contribution in [3.63, 3.8) is 0 Å². The molecule has 5 nitrogen and oxygen atoms in total. The topological polar surface area (TPSA) is 64.2 Å². The van der Waals surface area contributed by atoms with Crippen molar-refractivity contribution in [2.75, 3.05) is 18.8 Å². The summed E-state index contributed by atoms with van der Waals surface area (Å²) in [6.07, 6.45) is 0. The SMILES string of the molecule is CCN(CC)C(=O)Cn1c(N)nc2cc(Br)ccc21. The molecule has 2 aromatic rings. The van der Waals surface area contributed by atoms with Crippen molar-refractivity contribution < 1.29 is 4.79 Å². The average molecular weight is 325 g/mol. The maximum atomic E-state index is 12.1. The van der Waals surface area contributed by atoms with Crippen LogP contribution in [0.2, 0.25) is 0 Å². The second kappa shape index (κ2) is 5.61. The molecule has 2 rings (SSSR count). The van der Waals surface area contributed by atoms with E-state index in [4.69, 9.17) is 5.73 Å². The molecule has 19 heavy (non-hydrogen) atoms. The van der Waals surface area contributed by atoms with Crippen molar-refractivity contribution in [1.29, 1.82) is 0 Å². The molecule has 2 N–H and O–H groups in total. The van der Waals surface area contributed by atoms with Gasteiger partial charge in [0.25, 0.3) is 0 Å². The number of benzene rings is 1. The van der Waals surface area contributed by atoms with Crippen LogP contribution in [0, 0.1) is 0 Å². The molecule has 0 aliphatic heterocycles. The maximum Gasteiger partial charge on any atom is 0.242 e. The van der Waals surface area contributed by atoms with Crippen LogP contribution < -0.4 is 5.73 Å². The Bertz CT molecular complexity index is 604. The fraction of sp³-hybridized carbons (Fsp3) is 0.385. The Morgan fingerprint density at radius 2 is 2.11 bits per heavy atom. The molecular weight excluding hydrogens is 308 g/mol. The molecule has 0 fully saturated rings. The first-order chi connectivity index (χ1) is 9.06. The Labute approximate surface area is 120 Å². The Morgan fingerprint density at radius 1 is 1.42 bits per heavy atom. The molecule has 0 bridgehead atoms. The van der Waals surface area contributed by atoms with Crippen molar-refractivity contribution in [3.05, 3.63) is 22.7 Å². The van der Waals surface area contributed by atoms with E-state index in [2.05, 4.69) is 20.9 Å². The van der Waals surface area contributed by atoms with E-state index in [1.165, 1.54) is 0 Å². The van der Waals surface area contributed by atoms with Gasteiger partial charge in [-0.3, -0.25) is 4.79 Å². The van der Waals surface area contributed by atoms with Crippen LogP contribution in [0.5, 0.6) is 0 Å². The number of aromatic nitrogens is 2. The molecule has 0 saturated carbocycles. The zero-order valence-electron chi connectivity index (χ0n) is 11.1. The van der Waals surface area contributed by atoms with Gasteiger partial charge in [0.15, 0.2) is 0 Å². The number of likely N-dealkylation sites (N-methyl/N-ethyl adjacent to an activating group) is 1.